The highest BCUT2D eigenvalue weighted by atomic mass is 16.3. The zero-order valence-corrected chi connectivity index (χ0v) is 33.7. The molecule has 4 N–H and O–H groups in total. The summed E-state index contributed by atoms with van der Waals surface area (Å²) in [6, 6.07) is -0.766. The minimum atomic E-state index is -0.956. The number of hydrogen-bond donors (Lipinski definition) is 4. The first kappa shape index (κ1) is 49.3. The first-order valence-electron chi connectivity index (χ1n) is 21.9. The Morgan fingerprint density at radius 2 is 0.902 bits per heavy atom. The van der Waals surface area contributed by atoms with Crippen LogP contribution in [-0.4, -0.2) is 46.1 Å². The molecule has 0 saturated heterocycles. The Morgan fingerprint density at radius 3 is 1.37 bits per heavy atom. The first-order valence-corrected chi connectivity index (χ1v) is 21.9. The van der Waals surface area contributed by atoms with Gasteiger partial charge in [0, 0.05) is 0 Å². The molecule has 51 heavy (non-hydrogen) atoms. The van der Waals surface area contributed by atoms with E-state index in [0.29, 0.717) is 6.42 Å². The van der Waals surface area contributed by atoms with E-state index in [1.807, 2.05) is 6.08 Å². The number of unbranched alkanes of at least 4 members (excludes halogenated alkanes) is 24. The summed E-state index contributed by atoms with van der Waals surface area (Å²) in [6.45, 7) is 4.19. The number of allylic oxidation sites excluding steroid dienone is 7. The topological polar surface area (TPSA) is 89.8 Å². The van der Waals surface area contributed by atoms with Crippen molar-refractivity contribution in [2.45, 2.75) is 231 Å². The minimum Gasteiger partial charge on any atom is -0.394 e. The van der Waals surface area contributed by atoms with Gasteiger partial charge in [-0.05, 0) is 64.2 Å². The number of aliphatic hydroxyl groups is 3. The van der Waals surface area contributed by atoms with Gasteiger partial charge >= 0.3 is 0 Å². The largest absolute Gasteiger partial charge is 0.394 e. The summed E-state index contributed by atoms with van der Waals surface area (Å²) >= 11 is 0. The smallest absolute Gasteiger partial charge is 0.222 e. The van der Waals surface area contributed by atoms with Crippen LogP contribution in [0.4, 0.5) is 0 Å². The fourth-order valence-electron chi connectivity index (χ4n) is 6.44. The van der Waals surface area contributed by atoms with E-state index in [9.17, 15) is 20.1 Å². The van der Waals surface area contributed by atoms with Gasteiger partial charge in [-0.1, -0.05) is 191 Å². The normalized spacial score (nSPS) is 14.1. The molecule has 0 aromatic heterocycles. The summed E-state index contributed by atoms with van der Waals surface area (Å²) in [4.78, 5) is 12.4. The van der Waals surface area contributed by atoms with Gasteiger partial charge in [-0.2, -0.15) is 0 Å². The van der Waals surface area contributed by atoms with Crippen molar-refractivity contribution in [2.75, 3.05) is 6.61 Å². The summed E-state index contributed by atoms with van der Waals surface area (Å²) in [7, 11) is 0. The van der Waals surface area contributed by atoms with Crippen LogP contribution < -0.4 is 5.32 Å². The van der Waals surface area contributed by atoms with Crippen molar-refractivity contribution in [3.63, 3.8) is 0 Å². The van der Waals surface area contributed by atoms with E-state index in [-0.39, 0.29) is 18.9 Å². The molecule has 0 rings (SSSR count). The first-order chi connectivity index (χ1) is 25.0. The van der Waals surface area contributed by atoms with E-state index in [0.717, 1.165) is 51.4 Å². The van der Waals surface area contributed by atoms with Gasteiger partial charge in [0.15, 0.2) is 0 Å². The quantitative estimate of drug-likeness (QED) is 0.0377. The summed E-state index contributed by atoms with van der Waals surface area (Å²) in [5.74, 6) is -0.335. The van der Waals surface area contributed by atoms with Crippen molar-refractivity contribution in [1.29, 1.82) is 0 Å². The molecule has 5 heteroatoms. The van der Waals surface area contributed by atoms with E-state index in [2.05, 4.69) is 55.6 Å². The SMILES string of the molecule is CCCCCCCCCCC/C=C\C/C=C\CCCCCCCC(O)CC(=O)NC(CO)C(O)/C=C/CC/C=C/CCCCCCCCCCC. The van der Waals surface area contributed by atoms with Gasteiger partial charge in [-0.3, -0.25) is 4.79 Å². The molecule has 0 bridgehead atoms. The number of carbonyl (C=O) groups is 1. The van der Waals surface area contributed by atoms with Crippen LogP contribution >= 0.6 is 0 Å². The number of amides is 1. The Labute approximate surface area is 316 Å². The number of carbonyl (C=O) groups excluding carboxylic acids is 1. The van der Waals surface area contributed by atoms with Crippen LogP contribution in [0, 0.1) is 0 Å². The molecular weight excluding hydrogens is 631 g/mol. The van der Waals surface area contributed by atoms with Crippen molar-refractivity contribution in [1.82, 2.24) is 5.32 Å². The average molecular weight is 716 g/mol. The van der Waals surface area contributed by atoms with Crippen LogP contribution in [0.1, 0.15) is 213 Å². The lowest BCUT2D eigenvalue weighted by molar-refractivity contribution is -0.124. The Kier molecular flexibility index (Phi) is 39.7. The van der Waals surface area contributed by atoms with E-state index < -0.39 is 18.2 Å². The Balaban J connectivity index is 3.74. The molecule has 1 amide bonds. The minimum absolute atomic E-state index is 0.00484. The molecular formula is C46H85NO4. The van der Waals surface area contributed by atoms with Crippen molar-refractivity contribution in [3.05, 3.63) is 48.6 Å². The van der Waals surface area contributed by atoms with Crippen LogP contribution in [-0.2, 0) is 4.79 Å². The number of hydrogen-bond acceptors (Lipinski definition) is 4. The maximum Gasteiger partial charge on any atom is 0.222 e. The summed E-state index contributed by atoms with van der Waals surface area (Å²) in [6.07, 6.45) is 52.5. The van der Waals surface area contributed by atoms with Crippen LogP contribution in [0.2, 0.25) is 0 Å². The molecule has 0 fully saturated rings. The fourth-order valence-corrected chi connectivity index (χ4v) is 6.44. The van der Waals surface area contributed by atoms with Crippen molar-refractivity contribution in [2.24, 2.45) is 0 Å². The van der Waals surface area contributed by atoms with Crippen LogP contribution in [0.25, 0.3) is 0 Å². The Hall–Kier alpha value is -1.69. The third-order valence-corrected chi connectivity index (χ3v) is 9.84. The lowest BCUT2D eigenvalue weighted by atomic mass is 10.0. The van der Waals surface area contributed by atoms with Crippen LogP contribution in [0.5, 0.6) is 0 Å². The molecule has 0 saturated carbocycles. The highest BCUT2D eigenvalue weighted by Crippen LogP contribution is 2.14. The molecule has 0 aliphatic carbocycles. The predicted octanol–water partition coefficient (Wildman–Crippen LogP) is 12.5. The summed E-state index contributed by atoms with van der Waals surface area (Å²) in [5, 5.41) is 33.2. The average Bonchev–Trinajstić information content (AvgIpc) is 3.12. The summed E-state index contributed by atoms with van der Waals surface area (Å²) in [5.41, 5.74) is 0. The van der Waals surface area contributed by atoms with Gasteiger partial charge in [0.1, 0.15) is 0 Å². The molecule has 3 atom stereocenters. The van der Waals surface area contributed by atoms with E-state index in [4.69, 9.17) is 0 Å². The highest BCUT2D eigenvalue weighted by Gasteiger charge is 2.20. The van der Waals surface area contributed by atoms with E-state index in [1.54, 1.807) is 6.08 Å². The zero-order chi connectivity index (χ0) is 37.3. The van der Waals surface area contributed by atoms with E-state index in [1.165, 1.54) is 135 Å². The van der Waals surface area contributed by atoms with Gasteiger partial charge < -0.3 is 20.6 Å². The Morgan fingerprint density at radius 1 is 0.510 bits per heavy atom. The molecule has 0 aromatic rings. The second-order valence-electron chi connectivity index (χ2n) is 14.9. The third kappa shape index (κ3) is 37.9. The standard InChI is InChI=1S/C46H85NO4/c1-3-5-7-9-11-13-15-17-19-20-21-22-23-24-26-27-29-31-33-35-37-39-43(49)41-46(51)47-44(42-48)45(50)40-38-36-34-32-30-28-25-18-16-14-12-10-8-6-4-2/h21-22,24,26,30,32,38,40,43-45,48-50H,3-20,23,25,27-29,31,33-37,39,41-42H2,1-2H3,(H,47,51)/b22-21-,26-24-,32-30+,40-38+. The fraction of sp³-hybridized carbons (Fsp3) is 0.804. The molecule has 3 unspecified atom stereocenters. The number of nitrogens with one attached hydrogen (secondary N) is 1. The van der Waals surface area contributed by atoms with Gasteiger partial charge in [0.25, 0.3) is 0 Å². The van der Waals surface area contributed by atoms with Gasteiger partial charge in [0.05, 0.1) is 31.3 Å². The van der Waals surface area contributed by atoms with Crippen LogP contribution in [0.3, 0.4) is 0 Å². The molecule has 0 aliphatic heterocycles. The zero-order valence-electron chi connectivity index (χ0n) is 33.7. The van der Waals surface area contributed by atoms with Crippen molar-refractivity contribution in [3.8, 4) is 0 Å². The highest BCUT2D eigenvalue weighted by molar-refractivity contribution is 5.76. The number of aliphatic hydroxyl groups excluding tert-OH is 3. The van der Waals surface area contributed by atoms with Crippen molar-refractivity contribution >= 4 is 5.91 Å². The maximum absolute atomic E-state index is 12.4. The maximum atomic E-state index is 12.4. The molecule has 5 nitrogen and oxygen atoms in total. The molecule has 0 heterocycles. The third-order valence-electron chi connectivity index (χ3n) is 9.84. The second-order valence-corrected chi connectivity index (χ2v) is 14.9. The molecule has 298 valence electrons. The predicted molar refractivity (Wildman–Crippen MR) is 222 cm³/mol. The lowest BCUT2D eigenvalue weighted by Crippen LogP contribution is -2.45. The van der Waals surface area contributed by atoms with Crippen LogP contribution in [0.15, 0.2) is 48.6 Å². The van der Waals surface area contributed by atoms with Gasteiger partial charge in [-0.15, -0.1) is 0 Å². The Bertz CT molecular complexity index is 835. The van der Waals surface area contributed by atoms with Gasteiger partial charge in [-0.25, -0.2) is 0 Å². The van der Waals surface area contributed by atoms with E-state index >= 15 is 0 Å². The monoisotopic (exact) mass is 716 g/mol. The molecule has 0 spiro atoms. The lowest BCUT2D eigenvalue weighted by Gasteiger charge is -2.20. The number of rotatable bonds is 39. The molecule has 0 radical (unpaired) electrons. The van der Waals surface area contributed by atoms with Crippen molar-refractivity contribution < 1.29 is 20.1 Å². The molecule has 0 aliphatic rings. The molecule has 0 aromatic carbocycles. The summed E-state index contributed by atoms with van der Waals surface area (Å²) < 4.78 is 0. The second kappa shape index (κ2) is 41.1. The van der Waals surface area contributed by atoms with Gasteiger partial charge in [0.2, 0.25) is 5.91 Å².